The van der Waals surface area contributed by atoms with Crippen LogP contribution >= 0.6 is 11.8 Å². The molecule has 0 aliphatic carbocycles. The maximum atomic E-state index is 12.3. The topological polar surface area (TPSA) is 44.4 Å². The lowest BCUT2D eigenvalue weighted by Gasteiger charge is -2.23. The Morgan fingerprint density at radius 2 is 2.19 bits per heavy atom. The molecule has 2 N–H and O–H groups in total. The number of rotatable bonds is 3. The lowest BCUT2D eigenvalue weighted by molar-refractivity contribution is -0.117. The molecule has 4 nitrogen and oxygen atoms in total. The van der Waals surface area contributed by atoms with Gasteiger partial charge in [0.25, 0.3) is 0 Å². The molecular formula is C16H23N3OS. The third-order valence-electron chi connectivity index (χ3n) is 4.18. The zero-order valence-electron chi connectivity index (χ0n) is 12.5. The molecule has 1 unspecified atom stereocenters. The van der Waals surface area contributed by atoms with Crippen LogP contribution in [0, 0.1) is 6.92 Å². The van der Waals surface area contributed by atoms with E-state index in [2.05, 4.69) is 34.6 Å². The van der Waals surface area contributed by atoms with Gasteiger partial charge in [0.15, 0.2) is 0 Å². The van der Waals surface area contributed by atoms with Crippen molar-refractivity contribution in [3.05, 3.63) is 23.8 Å². The molecule has 0 radical (unpaired) electrons. The number of thioether (sulfide) groups is 1. The fourth-order valence-electron chi connectivity index (χ4n) is 2.91. The summed E-state index contributed by atoms with van der Waals surface area (Å²) in [5, 5.41) is 6.34. The molecule has 1 amide bonds. The number of amides is 1. The van der Waals surface area contributed by atoms with Crippen molar-refractivity contribution >= 4 is 29.0 Å². The Hall–Kier alpha value is -1.20. The van der Waals surface area contributed by atoms with Crippen molar-refractivity contribution in [3.8, 4) is 0 Å². The first-order valence-corrected chi connectivity index (χ1v) is 8.87. The highest BCUT2D eigenvalue weighted by molar-refractivity contribution is 7.99. The minimum atomic E-state index is -0.0681. The predicted molar refractivity (Wildman–Crippen MR) is 90.4 cm³/mol. The third-order valence-corrected chi connectivity index (χ3v) is 5.24. The second kappa shape index (κ2) is 6.71. The van der Waals surface area contributed by atoms with Gasteiger partial charge in [-0.2, -0.15) is 11.8 Å². The van der Waals surface area contributed by atoms with Crippen molar-refractivity contribution in [1.82, 2.24) is 5.32 Å². The second-order valence-corrected chi connectivity index (χ2v) is 6.91. The SMILES string of the molecule is Cc1cc(N2CCCC2)ccc1NC(=O)C1CSCCN1. The van der Waals surface area contributed by atoms with Crippen LogP contribution in [0.1, 0.15) is 18.4 Å². The smallest absolute Gasteiger partial charge is 0.242 e. The maximum Gasteiger partial charge on any atom is 0.242 e. The van der Waals surface area contributed by atoms with E-state index < -0.39 is 0 Å². The third kappa shape index (κ3) is 3.52. The van der Waals surface area contributed by atoms with Gasteiger partial charge in [0.2, 0.25) is 5.91 Å². The fourth-order valence-corrected chi connectivity index (χ4v) is 3.85. The zero-order chi connectivity index (χ0) is 14.7. The summed E-state index contributed by atoms with van der Waals surface area (Å²) < 4.78 is 0. The van der Waals surface area contributed by atoms with Crippen LogP contribution in [-0.2, 0) is 4.79 Å². The molecule has 1 aromatic rings. The van der Waals surface area contributed by atoms with Gasteiger partial charge >= 0.3 is 0 Å². The van der Waals surface area contributed by atoms with E-state index >= 15 is 0 Å². The summed E-state index contributed by atoms with van der Waals surface area (Å²) in [5.74, 6) is 2.03. The summed E-state index contributed by atoms with van der Waals surface area (Å²) in [5.41, 5.74) is 3.34. The number of aryl methyl sites for hydroxylation is 1. The van der Waals surface area contributed by atoms with E-state index in [4.69, 9.17) is 0 Å². The van der Waals surface area contributed by atoms with Gasteiger partial charge in [-0.1, -0.05) is 0 Å². The Kier molecular flexibility index (Phi) is 4.70. The van der Waals surface area contributed by atoms with Gasteiger partial charge in [0, 0.05) is 42.5 Å². The number of carbonyl (C=O) groups excluding carboxylic acids is 1. The minimum absolute atomic E-state index is 0.0681. The van der Waals surface area contributed by atoms with E-state index in [-0.39, 0.29) is 11.9 Å². The van der Waals surface area contributed by atoms with Crippen LogP contribution in [0.2, 0.25) is 0 Å². The lowest BCUT2D eigenvalue weighted by Crippen LogP contribution is -2.46. The molecule has 0 bridgehead atoms. The lowest BCUT2D eigenvalue weighted by atomic mass is 10.1. The Labute approximate surface area is 130 Å². The van der Waals surface area contributed by atoms with Gasteiger partial charge < -0.3 is 15.5 Å². The van der Waals surface area contributed by atoms with E-state index in [1.54, 1.807) is 0 Å². The van der Waals surface area contributed by atoms with Crippen molar-refractivity contribution in [1.29, 1.82) is 0 Å². The molecule has 114 valence electrons. The van der Waals surface area contributed by atoms with Crippen molar-refractivity contribution in [2.45, 2.75) is 25.8 Å². The van der Waals surface area contributed by atoms with Crippen molar-refractivity contribution in [2.24, 2.45) is 0 Å². The van der Waals surface area contributed by atoms with Gasteiger partial charge in [0.1, 0.15) is 0 Å². The molecule has 2 saturated heterocycles. The zero-order valence-corrected chi connectivity index (χ0v) is 13.3. The minimum Gasteiger partial charge on any atom is -0.372 e. The Morgan fingerprint density at radius 3 is 2.86 bits per heavy atom. The molecule has 5 heteroatoms. The second-order valence-electron chi connectivity index (χ2n) is 5.76. The molecule has 0 saturated carbocycles. The molecule has 1 atom stereocenters. The van der Waals surface area contributed by atoms with Crippen molar-refractivity contribution < 1.29 is 4.79 Å². The van der Waals surface area contributed by atoms with Gasteiger partial charge in [-0.05, 0) is 43.5 Å². The molecular weight excluding hydrogens is 282 g/mol. The van der Waals surface area contributed by atoms with Gasteiger partial charge in [-0.3, -0.25) is 4.79 Å². The first-order chi connectivity index (χ1) is 10.2. The average molecular weight is 305 g/mol. The summed E-state index contributed by atoms with van der Waals surface area (Å²) in [4.78, 5) is 14.7. The molecule has 2 aliphatic heterocycles. The van der Waals surface area contributed by atoms with E-state index in [1.165, 1.54) is 18.5 Å². The highest BCUT2D eigenvalue weighted by Crippen LogP contribution is 2.25. The molecule has 0 spiro atoms. The van der Waals surface area contributed by atoms with Crippen LogP contribution in [0.4, 0.5) is 11.4 Å². The number of nitrogens with one attached hydrogen (secondary N) is 2. The monoisotopic (exact) mass is 305 g/mol. The Balaban J connectivity index is 1.66. The summed E-state index contributed by atoms with van der Waals surface area (Å²) in [6.45, 7) is 5.27. The normalized spacial score (nSPS) is 22.3. The summed E-state index contributed by atoms with van der Waals surface area (Å²) >= 11 is 1.84. The maximum absolute atomic E-state index is 12.3. The average Bonchev–Trinajstić information content (AvgIpc) is 3.04. The standard InChI is InChI=1S/C16H23N3OS/c1-12-10-13(19-7-2-3-8-19)4-5-14(12)18-16(20)15-11-21-9-6-17-15/h4-5,10,15,17H,2-3,6-9,11H2,1H3,(H,18,20). The Morgan fingerprint density at radius 1 is 1.38 bits per heavy atom. The largest absolute Gasteiger partial charge is 0.372 e. The molecule has 21 heavy (non-hydrogen) atoms. The fraction of sp³-hybridized carbons (Fsp3) is 0.562. The van der Waals surface area contributed by atoms with E-state index in [1.807, 2.05) is 17.8 Å². The molecule has 2 heterocycles. The molecule has 2 aliphatic rings. The first kappa shape index (κ1) is 14.7. The van der Waals surface area contributed by atoms with E-state index in [0.29, 0.717) is 0 Å². The van der Waals surface area contributed by atoms with E-state index in [0.717, 1.165) is 42.4 Å². The number of carbonyl (C=O) groups is 1. The first-order valence-electron chi connectivity index (χ1n) is 7.71. The molecule has 2 fully saturated rings. The number of nitrogens with zero attached hydrogens (tertiary/aromatic N) is 1. The molecule has 1 aromatic carbocycles. The summed E-state index contributed by atoms with van der Waals surface area (Å²) in [7, 11) is 0. The van der Waals surface area contributed by atoms with Gasteiger partial charge in [0.05, 0.1) is 6.04 Å². The Bertz CT molecular complexity index is 508. The van der Waals surface area contributed by atoms with Crippen LogP contribution in [-0.4, -0.2) is 43.1 Å². The van der Waals surface area contributed by atoms with Crippen LogP contribution < -0.4 is 15.5 Å². The van der Waals surface area contributed by atoms with Crippen LogP contribution in [0.5, 0.6) is 0 Å². The number of hydrogen-bond acceptors (Lipinski definition) is 4. The van der Waals surface area contributed by atoms with Gasteiger partial charge in [-0.25, -0.2) is 0 Å². The van der Waals surface area contributed by atoms with Crippen LogP contribution in [0.15, 0.2) is 18.2 Å². The van der Waals surface area contributed by atoms with Crippen molar-refractivity contribution in [3.63, 3.8) is 0 Å². The number of hydrogen-bond donors (Lipinski definition) is 2. The van der Waals surface area contributed by atoms with Crippen molar-refractivity contribution in [2.75, 3.05) is 41.4 Å². The van der Waals surface area contributed by atoms with Gasteiger partial charge in [-0.15, -0.1) is 0 Å². The van der Waals surface area contributed by atoms with E-state index in [9.17, 15) is 4.79 Å². The summed E-state index contributed by atoms with van der Waals surface area (Å²) in [6.07, 6.45) is 2.56. The predicted octanol–water partition coefficient (Wildman–Crippen LogP) is 2.24. The molecule has 3 rings (SSSR count). The highest BCUT2D eigenvalue weighted by atomic mass is 32.2. The summed E-state index contributed by atoms with van der Waals surface area (Å²) in [6, 6.07) is 6.28. The van der Waals surface area contributed by atoms with Crippen LogP contribution in [0.3, 0.4) is 0 Å². The quantitative estimate of drug-likeness (QED) is 0.899. The molecule has 0 aromatic heterocycles. The number of anilines is 2. The van der Waals surface area contributed by atoms with Crippen LogP contribution in [0.25, 0.3) is 0 Å². The number of benzene rings is 1. The highest BCUT2D eigenvalue weighted by Gasteiger charge is 2.21.